The first-order chi connectivity index (χ1) is 16.2. The van der Waals surface area contributed by atoms with Crippen molar-refractivity contribution in [1.82, 2.24) is 4.90 Å². The number of nitrogens with zero attached hydrogens (tertiary/aromatic N) is 1. The third kappa shape index (κ3) is 2.89. The minimum absolute atomic E-state index is 0.0142. The summed E-state index contributed by atoms with van der Waals surface area (Å²) in [4.78, 5) is 27.9. The van der Waals surface area contributed by atoms with Gasteiger partial charge in [0.15, 0.2) is 5.60 Å². The molecule has 5 atom stereocenters. The molecule has 3 aliphatic rings. The zero-order valence-corrected chi connectivity index (χ0v) is 20.9. The number of carbonyl (C=O) groups excluding carboxylic acids is 2. The summed E-state index contributed by atoms with van der Waals surface area (Å²) < 4.78 is 11.3. The van der Waals surface area contributed by atoms with E-state index in [0.717, 1.165) is 43.2 Å². The summed E-state index contributed by atoms with van der Waals surface area (Å²) in [5.41, 5.74) is 3.00. The van der Waals surface area contributed by atoms with Gasteiger partial charge in [-0.25, -0.2) is 0 Å². The van der Waals surface area contributed by atoms with Crippen LogP contribution in [0.3, 0.4) is 0 Å². The quantitative estimate of drug-likeness (QED) is 0.479. The van der Waals surface area contributed by atoms with Crippen LogP contribution in [0.5, 0.6) is 0 Å². The summed E-state index contributed by atoms with van der Waals surface area (Å²) in [5, 5.41) is 0. The average Bonchev–Trinajstić information content (AvgIpc) is 2.86. The second-order valence-corrected chi connectivity index (χ2v) is 10.8. The molecule has 180 valence electrons. The van der Waals surface area contributed by atoms with Gasteiger partial charge in [0.1, 0.15) is 0 Å². The minimum atomic E-state index is -1.02. The van der Waals surface area contributed by atoms with Crippen LogP contribution < -0.4 is 0 Å². The number of amides is 1. The Balaban J connectivity index is 1.57. The largest absolute Gasteiger partial charge is 0.469 e. The van der Waals surface area contributed by atoms with Gasteiger partial charge in [-0.1, -0.05) is 61.9 Å². The van der Waals surface area contributed by atoms with Crippen LogP contribution in [0.1, 0.15) is 67.8 Å². The predicted octanol–water partition coefficient (Wildman–Crippen LogP) is 4.92. The molecule has 0 N–H and O–H groups in total. The highest BCUT2D eigenvalue weighted by atomic mass is 16.5. The van der Waals surface area contributed by atoms with Crippen LogP contribution in [0.2, 0.25) is 0 Å². The number of methoxy groups -OCH3 is 2. The smallest absolute Gasteiger partial charge is 0.311 e. The molecule has 0 unspecified atom stereocenters. The van der Waals surface area contributed by atoms with E-state index in [2.05, 4.69) is 44.2 Å². The highest BCUT2D eigenvalue weighted by Gasteiger charge is 2.62. The van der Waals surface area contributed by atoms with Gasteiger partial charge in [0.05, 0.1) is 18.6 Å². The Morgan fingerprint density at radius 2 is 1.79 bits per heavy atom. The summed E-state index contributed by atoms with van der Waals surface area (Å²) in [6.45, 7) is 4.41. The van der Waals surface area contributed by atoms with Crippen molar-refractivity contribution >= 4 is 11.9 Å². The Morgan fingerprint density at radius 1 is 1.06 bits per heavy atom. The zero-order valence-electron chi connectivity index (χ0n) is 20.9. The molecule has 5 rings (SSSR count). The van der Waals surface area contributed by atoms with Gasteiger partial charge in [0.2, 0.25) is 0 Å². The van der Waals surface area contributed by atoms with Crippen molar-refractivity contribution in [2.45, 2.75) is 63.0 Å². The van der Waals surface area contributed by atoms with Gasteiger partial charge in [-0.05, 0) is 66.2 Å². The molecule has 2 aromatic rings. The number of aryl methyl sites for hydroxylation is 1. The third-order valence-corrected chi connectivity index (χ3v) is 9.28. The second kappa shape index (κ2) is 7.94. The van der Waals surface area contributed by atoms with E-state index in [9.17, 15) is 9.59 Å². The monoisotopic (exact) mass is 461 g/mol. The molecular formula is C29H35NO4. The molecule has 0 radical (unpaired) electrons. The molecule has 2 aliphatic carbocycles. The number of hydrogen-bond donors (Lipinski definition) is 0. The van der Waals surface area contributed by atoms with Crippen LogP contribution in [-0.2, 0) is 36.5 Å². The molecule has 0 aromatic heterocycles. The van der Waals surface area contributed by atoms with E-state index in [0.29, 0.717) is 0 Å². The summed E-state index contributed by atoms with van der Waals surface area (Å²) in [6, 6.07) is 16.4. The number of fused-ring (bicyclic) bond motifs is 3. The molecule has 1 amide bonds. The SMILES string of the molecule is COC(=O)[C@@]1(C)CCC[C@]2(C)c3ccc([C@@]4(OC)C(=O)N(C)[C@@H]4c4ccccc4)cc3CC[C@@H]12. The highest BCUT2D eigenvalue weighted by Crippen LogP contribution is 2.59. The van der Waals surface area contributed by atoms with Crippen molar-refractivity contribution < 1.29 is 19.1 Å². The number of esters is 1. The van der Waals surface area contributed by atoms with Crippen molar-refractivity contribution in [3.63, 3.8) is 0 Å². The maximum atomic E-state index is 13.3. The van der Waals surface area contributed by atoms with E-state index in [1.54, 1.807) is 12.0 Å². The molecule has 34 heavy (non-hydrogen) atoms. The molecule has 2 aromatic carbocycles. The van der Waals surface area contributed by atoms with E-state index in [1.807, 2.05) is 25.2 Å². The van der Waals surface area contributed by atoms with Crippen LogP contribution in [0.15, 0.2) is 48.5 Å². The van der Waals surface area contributed by atoms with Crippen LogP contribution in [-0.4, -0.2) is 38.0 Å². The molecule has 5 heteroatoms. The van der Waals surface area contributed by atoms with Crippen LogP contribution in [0, 0.1) is 11.3 Å². The van der Waals surface area contributed by atoms with Crippen LogP contribution in [0.4, 0.5) is 0 Å². The number of likely N-dealkylation sites (tertiary alicyclic amines) is 1. The fourth-order valence-electron chi connectivity index (χ4n) is 7.59. The lowest BCUT2D eigenvalue weighted by Crippen LogP contribution is -2.65. The van der Waals surface area contributed by atoms with Gasteiger partial charge in [0.25, 0.3) is 5.91 Å². The van der Waals surface area contributed by atoms with E-state index in [-0.39, 0.29) is 29.3 Å². The molecule has 1 aliphatic heterocycles. The van der Waals surface area contributed by atoms with Gasteiger partial charge in [-0.2, -0.15) is 0 Å². The second-order valence-electron chi connectivity index (χ2n) is 10.8. The lowest BCUT2D eigenvalue weighted by molar-refractivity contribution is -0.199. The van der Waals surface area contributed by atoms with Crippen molar-refractivity contribution in [1.29, 1.82) is 0 Å². The van der Waals surface area contributed by atoms with Crippen molar-refractivity contribution in [3.8, 4) is 0 Å². The maximum absolute atomic E-state index is 13.3. The molecule has 5 nitrogen and oxygen atoms in total. The fraction of sp³-hybridized carbons (Fsp3) is 0.517. The van der Waals surface area contributed by atoms with Gasteiger partial charge in [-0.15, -0.1) is 0 Å². The van der Waals surface area contributed by atoms with Gasteiger partial charge in [0, 0.05) is 14.2 Å². The van der Waals surface area contributed by atoms with E-state index in [1.165, 1.54) is 18.2 Å². The molecular weight excluding hydrogens is 426 g/mol. The number of ether oxygens (including phenoxy) is 2. The summed E-state index contributed by atoms with van der Waals surface area (Å²) >= 11 is 0. The summed E-state index contributed by atoms with van der Waals surface area (Å²) in [6.07, 6.45) is 4.76. The van der Waals surface area contributed by atoms with Crippen molar-refractivity contribution in [2.75, 3.05) is 21.3 Å². The van der Waals surface area contributed by atoms with E-state index < -0.39 is 11.0 Å². The van der Waals surface area contributed by atoms with Crippen LogP contribution in [0.25, 0.3) is 0 Å². The molecule has 1 saturated carbocycles. The molecule has 1 heterocycles. The first-order valence-corrected chi connectivity index (χ1v) is 12.3. The third-order valence-electron chi connectivity index (χ3n) is 9.28. The van der Waals surface area contributed by atoms with E-state index >= 15 is 0 Å². The summed E-state index contributed by atoms with van der Waals surface area (Å²) in [7, 11) is 4.99. The predicted molar refractivity (Wildman–Crippen MR) is 130 cm³/mol. The van der Waals surface area contributed by atoms with Crippen LogP contribution >= 0.6 is 0 Å². The standard InChI is InChI=1S/C29H35NO4/c1-27-16-9-17-28(2,26(32)33-4)23(27)15-12-20-18-21(13-14-22(20)27)29(34-5)24(30(3)25(29)31)19-10-7-6-8-11-19/h6-8,10-11,13-14,18,23-24H,9,12,15-17H2,1-5H3/t23-,24-,27-,28+,29+/m1/s1. The molecule has 0 spiro atoms. The number of rotatable bonds is 4. The number of β-lactam (4-membered cyclic amide) rings is 1. The average molecular weight is 462 g/mol. The molecule has 2 fully saturated rings. The number of carbonyl (C=O) groups is 2. The number of benzene rings is 2. The van der Waals surface area contributed by atoms with Gasteiger partial charge in [-0.3, -0.25) is 9.59 Å². The highest BCUT2D eigenvalue weighted by molar-refractivity contribution is 5.94. The first-order valence-electron chi connectivity index (χ1n) is 12.3. The van der Waals surface area contributed by atoms with Gasteiger partial charge < -0.3 is 14.4 Å². The molecule has 0 bridgehead atoms. The molecule has 1 saturated heterocycles. The maximum Gasteiger partial charge on any atom is 0.311 e. The minimum Gasteiger partial charge on any atom is -0.469 e. The van der Waals surface area contributed by atoms with Crippen molar-refractivity contribution in [2.24, 2.45) is 11.3 Å². The fourth-order valence-corrected chi connectivity index (χ4v) is 7.59. The Bertz CT molecular complexity index is 1130. The topological polar surface area (TPSA) is 55.8 Å². The zero-order chi connectivity index (χ0) is 24.3. The van der Waals surface area contributed by atoms with Gasteiger partial charge >= 0.3 is 5.97 Å². The lowest BCUT2D eigenvalue weighted by Gasteiger charge is -2.55. The van der Waals surface area contributed by atoms with E-state index in [4.69, 9.17) is 9.47 Å². The number of likely N-dealkylation sites (N-methyl/N-ethyl adjacent to an activating group) is 1. The van der Waals surface area contributed by atoms with Crippen molar-refractivity contribution in [3.05, 3.63) is 70.8 Å². The normalized spacial score (nSPS) is 34.6. The summed E-state index contributed by atoms with van der Waals surface area (Å²) in [5.74, 6) is 0.139. The first kappa shape index (κ1) is 23.1. The number of hydrogen-bond acceptors (Lipinski definition) is 4. The lowest BCUT2D eigenvalue weighted by atomic mass is 9.49. The Kier molecular flexibility index (Phi) is 5.40. The Labute approximate surface area is 202 Å². The Hall–Kier alpha value is -2.66. The Morgan fingerprint density at radius 3 is 2.47 bits per heavy atom.